The summed E-state index contributed by atoms with van der Waals surface area (Å²) in [5.74, 6) is 0.723. The summed E-state index contributed by atoms with van der Waals surface area (Å²) in [4.78, 5) is 29.8. The summed E-state index contributed by atoms with van der Waals surface area (Å²) in [7, 11) is 1.67. The Morgan fingerprint density at radius 3 is 2.40 bits per heavy atom. The molecule has 6 nitrogen and oxygen atoms in total. The van der Waals surface area contributed by atoms with Gasteiger partial charge < -0.3 is 15.0 Å². The molecule has 0 bridgehead atoms. The molecule has 3 rings (SSSR count). The van der Waals surface area contributed by atoms with Crippen molar-refractivity contribution in [3.05, 3.63) is 29.8 Å². The van der Waals surface area contributed by atoms with Crippen molar-refractivity contribution in [2.75, 3.05) is 33.3 Å². The van der Waals surface area contributed by atoms with E-state index in [0.717, 1.165) is 31.7 Å². The van der Waals surface area contributed by atoms with Crippen LogP contribution >= 0.6 is 0 Å². The van der Waals surface area contributed by atoms with Crippen LogP contribution in [0.1, 0.15) is 64.0 Å². The Labute approximate surface area is 180 Å². The minimum atomic E-state index is -0.240. The maximum Gasteiger partial charge on any atom is 0.225 e. The molecule has 2 amide bonds. The molecule has 166 valence electrons. The zero-order valence-electron chi connectivity index (χ0n) is 18.7. The molecule has 2 heterocycles. The topological polar surface area (TPSA) is 61.9 Å². The number of likely N-dealkylation sites (tertiary alicyclic amines) is 2. The molecule has 2 fully saturated rings. The van der Waals surface area contributed by atoms with Gasteiger partial charge in [-0.1, -0.05) is 32.4 Å². The van der Waals surface area contributed by atoms with Gasteiger partial charge in [0.1, 0.15) is 5.75 Å². The fraction of sp³-hybridized carbons (Fsp3) is 0.667. The van der Waals surface area contributed by atoms with Gasteiger partial charge in [-0.3, -0.25) is 14.5 Å². The van der Waals surface area contributed by atoms with E-state index in [1.165, 1.54) is 24.8 Å². The monoisotopic (exact) mass is 415 g/mol. The Morgan fingerprint density at radius 1 is 1.13 bits per heavy atom. The fourth-order valence-corrected chi connectivity index (χ4v) is 4.85. The van der Waals surface area contributed by atoms with Crippen LogP contribution in [0.5, 0.6) is 5.75 Å². The molecule has 1 aromatic rings. The number of nitrogens with zero attached hydrogens (tertiary/aromatic N) is 2. The lowest BCUT2D eigenvalue weighted by Gasteiger charge is -2.35. The molecule has 1 aromatic carbocycles. The second kappa shape index (κ2) is 10.8. The highest BCUT2D eigenvalue weighted by atomic mass is 16.5. The lowest BCUT2D eigenvalue weighted by atomic mass is 10.0. The molecule has 1 N–H and O–H groups in total. The maximum atomic E-state index is 12.9. The number of ether oxygens (including phenoxy) is 1. The Hall–Kier alpha value is -2.08. The van der Waals surface area contributed by atoms with Crippen molar-refractivity contribution in [1.29, 1.82) is 0 Å². The zero-order valence-corrected chi connectivity index (χ0v) is 18.7. The highest BCUT2D eigenvalue weighted by molar-refractivity contribution is 5.89. The maximum absolute atomic E-state index is 12.9. The van der Waals surface area contributed by atoms with E-state index in [2.05, 4.69) is 36.2 Å². The number of rotatable bonds is 9. The molecular weight excluding hydrogens is 378 g/mol. The number of carbonyl (C=O) groups is 2. The first kappa shape index (κ1) is 22.6. The van der Waals surface area contributed by atoms with Gasteiger partial charge in [0, 0.05) is 25.6 Å². The molecule has 2 unspecified atom stereocenters. The van der Waals surface area contributed by atoms with Gasteiger partial charge in [0.2, 0.25) is 11.8 Å². The molecule has 0 aromatic heterocycles. The summed E-state index contributed by atoms with van der Waals surface area (Å²) in [6.45, 7) is 7.43. The summed E-state index contributed by atoms with van der Waals surface area (Å²) in [6.07, 6.45) is 5.87. The van der Waals surface area contributed by atoms with Crippen LogP contribution in [-0.2, 0) is 9.59 Å². The van der Waals surface area contributed by atoms with Crippen molar-refractivity contribution in [2.24, 2.45) is 5.92 Å². The molecule has 30 heavy (non-hydrogen) atoms. The molecule has 0 spiro atoms. The van der Waals surface area contributed by atoms with Gasteiger partial charge in [-0.05, 0) is 56.5 Å². The minimum Gasteiger partial charge on any atom is -0.497 e. The van der Waals surface area contributed by atoms with E-state index < -0.39 is 0 Å². The number of carbonyl (C=O) groups excluding carboxylic acids is 2. The van der Waals surface area contributed by atoms with E-state index in [9.17, 15) is 9.59 Å². The van der Waals surface area contributed by atoms with Crippen molar-refractivity contribution in [3.8, 4) is 5.75 Å². The first-order chi connectivity index (χ1) is 14.6. The molecule has 2 aliphatic heterocycles. The number of methoxy groups -OCH3 is 1. The van der Waals surface area contributed by atoms with E-state index in [-0.39, 0.29) is 29.8 Å². The lowest BCUT2D eigenvalue weighted by Crippen LogP contribution is -2.43. The molecule has 2 aliphatic rings. The summed E-state index contributed by atoms with van der Waals surface area (Å²) in [5, 5.41) is 3.17. The number of amides is 2. The van der Waals surface area contributed by atoms with Crippen LogP contribution in [0.25, 0.3) is 0 Å². The van der Waals surface area contributed by atoms with Crippen LogP contribution in [0.2, 0.25) is 0 Å². The van der Waals surface area contributed by atoms with Gasteiger partial charge in [-0.25, -0.2) is 0 Å². The highest BCUT2D eigenvalue weighted by Crippen LogP contribution is 2.27. The molecule has 0 aliphatic carbocycles. The zero-order chi connectivity index (χ0) is 21.5. The summed E-state index contributed by atoms with van der Waals surface area (Å²) < 4.78 is 5.30. The van der Waals surface area contributed by atoms with E-state index >= 15 is 0 Å². The summed E-state index contributed by atoms with van der Waals surface area (Å²) in [6, 6.07) is 8.55. The first-order valence-corrected chi connectivity index (χ1v) is 11.5. The lowest BCUT2D eigenvalue weighted by molar-refractivity contribution is -0.130. The van der Waals surface area contributed by atoms with Crippen LogP contribution in [0.3, 0.4) is 0 Å². The number of hydrogen-bond acceptors (Lipinski definition) is 4. The quantitative estimate of drug-likeness (QED) is 0.672. The third kappa shape index (κ3) is 5.34. The van der Waals surface area contributed by atoms with Crippen LogP contribution in [0.4, 0.5) is 0 Å². The van der Waals surface area contributed by atoms with Gasteiger partial charge in [-0.2, -0.15) is 0 Å². The van der Waals surface area contributed by atoms with Crippen LogP contribution in [0, 0.1) is 5.92 Å². The van der Waals surface area contributed by atoms with E-state index in [4.69, 9.17) is 4.74 Å². The van der Waals surface area contributed by atoms with Gasteiger partial charge >= 0.3 is 0 Å². The Morgan fingerprint density at radius 2 is 1.80 bits per heavy atom. The second-order valence-corrected chi connectivity index (χ2v) is 8.55. The predicted octanol–water partition coefficient (Wildman–Crippen LogP) is 3.38. The highest BCUT2D eigenvalue weighted by Gasteiger charge is 2.37. The smallest absolute Gasteiger partial charge is 0.225 e. The van der Waals surface area contributed by atoms with Crippen molar-refractivity contribution in [1.82, 2.24) is 15.1 Å². The standard InChI is InChI=1S/C24H37N3O3/c1-4-20(5-2)27-17-19(15-23(27)28)24(29)25-16-22(26-13-7-6-8-14-26)18-9-11-21(30-3)12-10-18/h9-12,19-20,22H,4-8,13-17H2,1-3H3,(H,25,29). The van der Waals surface area contributed by atoms with E-state index in [0.29, 0.717) is 19.5 Å². The summed E-state index contributed by atoms with van der Waals surface area (Å²) >= 11 is 0. The third-order valence-corrected chi connectivity index (χ3v) is 6.71. The molecule has 2 saturated heterocycles. The van der Waals surface area contributed by atoms with Gasteiger partial charge in [0.05, 0.1) is 19.1 Å². The normalized spacial score (nSPS) is 21.1. The number of nitrogens with one attached hydrogen (secondary N) is 1. The molecule has 6 heteroatoms. The van der Waals surface area contributed by atoms with Gasteiger partial charge in [-0.15, -0.1) is 0 Å². The van der Waals surface area contributed by atoms with Crippen molar-refractivity contribution < 1.29 is 14.3 Å². The first-order valence-electron chi connectivity index (χ1n) is 11.5. The van der Waals surface area contributed by atoms with Gasteiger partial charge in [0.25, 0.3) is 0 Å². The van der Waals surface area contributed by atoms with Crippen molar-refractivity contribution in [3.63, 3.8) is 0 Å². The Bertz CT molecular complexity index is 696. The van der Waals surface area contributed by atoms with E-state index in [1.807, 2.05) is 17.0 Å². The van der Waals surface area contributed by atoms with Crippen LogP contribution in [0.15, 0.2) is 24.3 Å². The number of benzene rings is 1. The average Bonchev–Trinajstić information content (AvgIpc) is 3.17. The third-order valence-electron chi connectivity index (χ3n) is 6.71. The van der Waals surface area contributed by atoms with Crippen molar-refractivity contribution >= 4 is 11.8 Å². The molecular formula is C24H37N3O3. The summed E-state index contributed by atoms with van der Waals surface area (Å²) in [5.41, 5.74) is 1.19. The fourth-order valence-electron chi connectivity index (χ4n) is 4.85. The number of piperidine rings is 1. The molecule has 2 atom stereocenters. The second-order valence-electron chi connectivity index (χ2n) is 8.55. The molecule has 0 saturated carbocycles. The SMILES string of the molecule is CCC(CC)N1CC(C(=O)NCC(c2ccc(OC)cc2)N2CCCCC2)CC1=O. The number of hydrogen-bond donors (Lipinski definition) is 1. The van der Waals surface area contributed by atoms with Crippen LogP contribution in [-0.4, -0.2) is 60.9 Å². The van der Waals surface area contributed by atoms with Crippen molar-refractivity contribution in [2.45, 2.75) is 64.5 Å². The Kier molecular flexibility index (Phi) is 8.14. The Balaban J connectivity index is 1.64. The van der Waals surface area contributed by atoms with Gasteiger partial charge in [0.15, 0.2) is 0 Å². The minimum absolute atomic E-state index is 0.00678. The van der Waals surface area contributed by atoms with Crippen LogP contribution < -0.4 is 10.1 Å². The van der Waals surface area contributed by atoms with E-state index in [1.54, 1.807) is 7.11 Å². The average molecular weight is 416 g/mol. The largest absolute Gasteiger partial charge is 0.497 e. The molecule has 0 radical (unpaired) electrons. The predicted molar refractivity (Wildman–Crippen MR) is 118 cm³/mol.